The number of hydrogen-bond acceptors (Lipinski definition) is 2. The van der Waals surface area contributed by atoms with E-state index in [1.165, 1.54) is 31.4 Å². The number of unbranched alkanes of at least 4 members (excludes halogenated alkanes) is 1. The second kappa shape index (κ2) is 7.82. The van der Waals surface area contributed by atoms with Crippen molar-refractivity contribution in [3.8, 4) is 0 Å². The number of nitrogens with one attached hydrogen (secondary N) is 1. The summed E-state index contributed by atoms with van der Waals surface area (Å²) in [6, 6.07) is 2.79. The van der Waals surface area contributed by atoms with Crippen LogP contribution in [0.2, 0.25) is 0 Å². The van der Waals surface area contributed by atoms with Gasteiger partial charge in [-0.2, -0.15) is 5.10 Å². The molecule has 1 unspecified atom stereocenters. The van der Waals surface area contributed by atoms with Gasteiger partial charge in [0.25, 0.3) is 0 Å². The molecule has 0 radical (unpaired) electrons. The van der Waals surface area contributed by atoms with Gasteiger partial charge in [-0.25, -0.2) is 0 Å². The molecule has 0 aromatic carbocycles. The maximum absolute atomic E-state index is 4.50. The maximum Gasteiger partial charge on any atom is 0.0596 e. The third kappa shape index (κ3) is 4.93. The van der Waals surface area contributed by atoms with Gasteiger partial charge in [0.05, 0.1) is 5.69 Å². The van der Waals surface area contributed by atoms with Crippen LogP contribution in [0.4, 0.5) is 0 Å². The van der Waals surface area contributed by atoms with Crippen LogP contribution in [-0.4, -0.2) is 22.4 Å². The zero-order valence-electron chi connectivity index (χ0n) is 14.3. The quantitative estimate of drug-likeness (QED) is 0.744. The number of aryl methyl sites for hydroxylation is 2. The molecule has 1 atom stereocenters. The third-order valence-corrected chi connectivity index (χ3v) is 4.35. The summed E-state index contributed by atoms with van der Waals surface area (Å²) in [5, 5.41) is 8.16. The van der Waals surface area contributed by atoms with Crippen molar-refractivity contribution in [3.63, 3.8) is 0 Å². The van der Waals surface area contributed by atoms with Gasteiger partial charge < -0.3 is 5.32 Å². The van der Waals surface area contributed by atoms with E-state index in [-0.39, 0.29) is 0 Å². The van der Waals surface area contributed by atoms with Crippen LogP contribution < -0.4 is 5.32 Å². The number of nitrogens with zero attached hydrogens (tertiary/aromatic N) is 2. The van der Waals surface area contributed by atoms with Gasteiger partial charge in [0, 0.05) is 25.3 Å². The highest BCUT2D eigenvalue weighted by Gasteiger charge is 2.29. The SMILES string of the molecule is CCCCC(CC)(CNC(C)C)Cc1cc(C)nn1C. The van der Waals surface area contributed by atoms with Gasteiger partial charge in [0.2, 0.25) is 0 Å². The highest BCUT2D eigenvalue weighted by atomic mass is 15.3. The molecule has 0 aliphatic heterocycles. The van der Waals surface area contributed by atoms with Crippen LogP contribution in [0.15, 0.2) is 6.07 Å². The van der Waals surface area contributed by atoms with Crippen LogP contribution in [-0.2, 0) is 13.5 Å². The lowest BCUT2D eigenvalue weighted by Gasteiger charge is -2.34. The molecule has 0 aliphatic rings. The third-order valence-electron chi connectivity index (χ3n) is 4.35. The summed E-state index contributed by atoms with van der Waals surface area (Å²) in [6.07, 6.45) is 6.22. The molecular formula is C17H33N3. The maximum atomic E-state index is 4.50. The summed E-state index contributed by atoms with van der Waals surface area (Å²) >= 11 is 0. The van der Waals surface area contributed by atoms with Gasteiger partial charge >= 0.3 is 0 Å². The van der Waals surface area contributed by atoms with Crippen molar-refractivity contribution >= 4 is 0 Å². The Bertz CT molecular complexity index is 395. The van der Waals surface area contributed by atoms with E-state index in [2.05, 4.69) is 62.8 Å². The number of hydrogen-bond donors (Lipinski definition) is 1. The van der Waals surface area contributed by atoms with Crippen molar-refractivity contribution < 1.29 is 0 Å². The molecule has 0 bridgehead atoms. The zero-order valence-corrected chi connectivity index (χ0v) is 14.3. The Hall–Kier alpha value is -0.830. The Labute approximate surface area is 125 Å². The normalized spacial score (nSPS) is 14.8. The minimum Gasteiger partial charge on any atom is -0.314 e. The fourth-order valence-electron chi connectivity index (χ4n) is 2.85. The molecule has 1 aromatic heterocycles. The molecule has 1 rings (SSSR count). The molecule has 0 spiro atoms. The fourth-order valence-corrected chi connectivity index (χ4v) is 2.85. The van der Waals surface area contributed by atoms with Gasteiger partial charge in [-0.3, -0.25) is 4.68 Å². The monoisotopic (exact) mass is 279 g/mol. The summed E-state index contributed by atoms with van der Waals surface area (Å²) in [6.45, 7) is 12.3. The topological polar surface area (TPSA) is 29.9 Å². The largest absolute Gasteiger partial charge is 0.314 e. The Balaban J connectivity index is 2.86. The number of aromatic nitrogens is 2. The lowest BCUT2D eigenvalue weighted by Crippen LogP contribution is -2.39. The average Bonchev–Trinajstić information content (AvgIpc) is 2.71. The summed E-state index contributed by atoms with van der Waals surface area (Å²) in [4.78, 5) is 0. The Morgan fingerprint density at radius 1 is 1.35 bits per heavy atom. The summed E-state index contributed by atoms with van der Waals surface area (Å²) in [7, 11) is 2.07. The lowest BCUT2D eigenvalue weighted by molar-refractivity contribution is 0.218. The van der Waals surface area contributed by atoms with E-state index in [0.717, 1.165) is 18.7 Å². The first-order chi connectivity index (χ1) is 9.42. The van der Waals surface area contributed by atoms with Crippen molar-refractivity contribution in [2.45, 2.75) is 72.8 Å². The highest BCUT2D eigenvalue weighted by molar-refractivity contribution is 5.11. The molecule has 1 N–H and O–H groups in total. The summed E-state index contributed by atoms with van der Waals surface area (Å²) in [5.74, 6) is 0. The molecule has 116 valence electrons. The minimum absolute atomic E-state index is 0.362. The van der Waals surface area contributed by atoms with Gasteiger partial charge in [-0.15, -0.1) is 0 Å². The second-order valence-corrected chi connectivity index (χ2v) is 6.57. The van der Waals surface area contributed by atoms with Crippen molar-refractivity contribution in [1.29, 1.82) is 0 Å². The van der Waals surface area contributed by atoms with Gasteiger partial charge in [0.1, 0.15) is 0 Å². The molecular weight excluding hydrogens is 246 g/mol. The molecule has 3 nitrogen and oxygen atoms in total. The lowest BCUT2D eigenvalue weighted by atomic mass is 9.76. The highest BCUT2D eigenvalue weighted by Crippen LogP contribution is 2.32. The van der Waals surface area contributed by atoms with Crippen molar-refractivity contribution in [2.24, 2.45) is 12.5 Å². The van der Waals surface area contributed by atoms with Crippen LogP contribution in [0.3, 0.4) is 0 Å². The first-order valence-corrected chi connectivity index (χ1v) is 8.15. The van der Waals surface area contributed by atoms with Crippen molar-refractivity contribution in [3.05, 3.63) is 17.5 Å². The molecule has 0 aliphatic carbocycles. The summed E-state index contributed by atoms with van der Waals surface area (Å²) < 4.78 is 2.06. The predicted molar refractivity (Wildman–Crippen MR) is 87.0 cm³/mol. The van der Waals surface area contributed by atoms with E-state index >= 15 is 0 Å². The fraction of sp³-hybridized carbons (Fsp3) is 0.824. The standard InChI is InChI=1S/C17H33N3/c1-7-9-10-17(8-2,13-18-14(3)4)12-16-11-15(5)19-20(16)6/h11,14,18H,7-10,12-13H2,1-6H3. The van der Waals surface area contributed by atoms with Crippen LogP contribution in [0.1, 0.15) is 64.8 Å². The van der Waals surface area contributed by atoms with E-state index in [1.807, 2.05) is 0 Å². The predicted octanol–water partition coefficient (Wildman–Crippen LogP) is 3.86. The van der Waals surface area contributed by atoms with E-state index in [1.54, 1.807) is 0 Å². The van der Waals surface area contributed by atoms with E-state index in [0.29, 0.717) is 11.5 Å². The van der Waals surface area contributed by atoms with E-state index in [9.17, 15) is 0 Å². The Morgan fingerprint density at radius 2 is 2.05 bits per heavy atom. The summed E-state index contributed by atoms with van der Waals surface area (Å²) in [5.41, 5.74) is 2.85. The minimum atomic E-state index is 0.362. The zero-order chi connectivity index (χ0) is 15.2. The molecule has 1 heterocycles. The smallest absolute Gasteiger partial charge is 0.0596 e. The van der Waals surface area contributed by atoms with Crippen molar-refractivity contribution in [1.82, 2.24) is 15.1 Å². The van der Waals surface area contributed by atoms with E-state index < -0.39 is 0 Å². The van der Waals surface area contributed by atoms with E-state index in [4.69, 9.17) is 0 Å². The molecule has 0 fully saturated rings. The van der Waals surface area contributed by atoms with Gasteiger partial charge in [-0.1, -0.05) is 40.5 Å². The molecule has 0 saturated carbocycles. The Kier molecular flexibility index (Phi) is 6.74. The molecule has 0 saturated heterocycles. The first-order valence-electron chi connectivity index (χ1n) is 8.15. The average molecular weight is 279 g/mol. The first kappa shape index (κ1) is 17.2. The molecule has 1 aromatic rings. The van der Waals surface area contributed by atoms with Gasteiger partial charge in [-0.05, 0) is 37.7 Å². The molecule has 0 amide bonds. The van der Waals surface area contributed by atoms with Crippen molar-refractivity contribution in [2.75, 3.05) is 6.54 Å². The molecule has 20 heavy (non-hydrogen) atoms. The van der Waals surface area contributed by atoms with Crippen LogP contribution in [0, 0.1) is 12.3 Å². The Morgan fingerprint density at radius 3 is 2.50 bits per heavy atom. The van der Waals surface area contributed by atoms with Crippen LogP contribution >= 0.6 is 0 Å². The number of rotatable bonds is 9. The second-order valence-electron chi connectivity index (χ2n) is 6.57. The molecule has 3 heteroatoms. The van der Waals surface area contributed by atoms with Crippen LogP contribution in [0.25, 0.3) is 0 Å². The van der Waals surface area contributed by atoms with Crippen LogP contribution in [0.5, 0.6) is 0 Å². The van der Waals surface area contributed by atoms with Gasteiger partial charge in [0.15, 0.2) is 0 Å².